The second-order valence-electron chi connectivity index (χ2n) is 5.33. The molecule has 1 atom stereocenters. The lowest BCUT2D eigenvalue weighted by atomic mass is 9.95. The van der Waals surface area contributed by atoms with Crippen molar-refractivity contribution in [3.63, 3.8) is 0 Å². The molecule has 1 fully saturated rings. The largest absolute Gasteiger partial charge is 0.399 e. The normalized spacial score (nSPS) is 24.0. The number of β-amino-alcohol motifs (C(OH)–C–C–N with tert-alkyl or cyclic N) is 1. The maximum absolute atomic E-state index is 12.1. The summed E-state index contributed by atoms with van der Waals surface area (Å²) in [6.45, 7) is 2.96. The molecule has 1 saturated heterocycles. The maximum Gasteiger partial charge on any atom is 0.227 e. The van der Waals surface area contributed by atoms with Gasteiger partial charge in [-0.2, -0.15) is 0 Å². The van der Waals surface area contributed by atoms with E-state index in [1.807, 2.05) is 12.1 Å². The molecule has 1 aliphatic heterocycles. The Bertz CT molecular complexity index is 426. The monoisotopic (exact) mass is 248 g/mol. The minimum Gasteiger partial charge on any atom is -0.399 e. The van der Waals surface area contributed by atoms with Crippen LogP contribution in [0.3, 0.4) is 0 Å². The number of benzene rings is 1. The zero-order chi connectivity index (χ0) is 13.2. The molecule has 1 amide bonds. The van der Waals surface area contributed by atoms with Gasteiger partial charge in [-0.1, -0.05) is 12.1 Å². The molecule has 0 bridgehead atoms. The predicted molar refractivity (Wildman–Crippen MR) is 71.0 cm³/mol. The highest BCUT2D eigenvalue weighted by Crippen LogP contribution is 2.21. The van der Waals surface area contributed by atoms with Crippen molar-refractivity contribution in [2.75, 3.05) is 18.8 Å². The third-order valence-corrected chi connectivity index (χ3v) is 3.36. The topological polar surface area (TPSA) is 66.6 Å². The van der Waals surface area contributed by atoms with Crippen LogP contribution in [-0.4, -0.2) is 34.6 Å². The standard InChI is InChI=1S/C14H20N2O2/c1-14(18)7-2-8-16(10-14)13(17)9-11-3-5-12(15)6-4-11/h3-6,18H,2,7-10,15H2,1H3. The summed E-state index contributed by atoms with van der Waals surface area (Å²) in [6, 6.07) is 7.34. The number of carbonyl (C=O) groups is 1. The lowest BCUT2D eigenvalue weighted by molar-refractivity contribution is -0.136. The SMILES string of the molecule is CC1(O)CCCN(C(=O)Cc2ccc(N)cc2)C1. The summed E-state index contributed by atoms with van der Waals surface area (Å²) in [6.07, 6.45) is 2.00. The minimum atomic E-state index is -0.741. The van der Waals surface area contributed by atoms with Gasteiger partial charge in [0, 0.05) is 18.8 Å². The number of hydrogen-bond acceptors (Lipinski definition) is 3. The van der Waals surface area contributed by atoms with Crippen molar-refractivity contribution in [2.24, 2.45) is 0 Å². The minimum absolute atomic E-state index is 0.0692. The first-order valence-corrected chi connectivity index (χ1v) is 6.31. The molecule has 98 valence electrons. The van der Waals surface area contributed by atoms with E-state index in [0.717, 1.165) is 24.9 Å². The fourth-order valence-electron chi connectivity index (χ4n) is 2.35. The summed E-state index contributed by atoms with van der Waals surface area (Å²) in [5.74, 6) is 0.0692. The van der Waals surface area contributed by atoms with Gasteiger partial charge in [0.1, 0.15) is 0 Å². The highest BCUT2D eigenvalue weighted by Gasteiger charge is 2.30. The van der Waals surface area contributed by atoms with Crippen LogP contribution < -0.4 is 5.73 Å². The highest BCUT2D eigenvalue weighted by molar-refractivity contribution is 5.79. The molecule has 1 heterocycles. The average molecular weight is 248 g/mol. The lowest BCUT2D eigenvalue weighted by Gasteiger charge is -2.36. The molecular weight excluding hydrogens is 228 g/mol. The number of hydrogen-bond donors (Lipinski definition) is 2. The Hall–Kier alpha value is -1.55. The second-order valence-corrected chi connectivity index (χ2v) is 5.33. The van der Waals surface area contributed by atoms with E-state index in [9.17, 15) is 9.90 Å². The molecular formula is C14H20N2O2. The summed E-state index contributed by atoms with van der Waals surface area (Å²) in [5, 5.41) is 9.99. The molecule has 0 saturated carbocycles. The number of nitrogens with zero attached hydrogens (tertiary/aromatic N) is 1. The van der Waals surface area contributed by atoms with E-state index >= 15 is 0 Å². The fraction of sp³-hybridized carbons (Fsp3) is 0.500. The van der Waals surface area contributed by atoms with Gasteiger partial charge in [-0.25, -0.2) is 0 Å². The van der Waals surface area contributed by atoms with E-state index in [1.54, 1.807) is 24.0 Å². The molecule has 18 heavy (non-hydrogen) atoms. The summed E-state index contributed by atoms with van der Waals surface area (Å²) >= 11 is 0. The summed E-state index contributed by atoms with van der Waals surface area (Å²) < 4.78 is 0. The number of nitrogen functional groups attached to an aromatic ring is 1. The van der Waals surface area contributed by atoms with E-state index in [0.29, 0.717) is 18.7 Å². The summed E-state index contributed by atoms with van der Waals surface area (Å²) in [7, 11) is 0. The van der Waals surface area contributed by atoms with Gasteiger partial charge in [0.15, 0.2) is 0 Å². The van der Waals surface area contributed by atoms with Gasteiger partial charge in [0.05, 0.1) is 12.0 Å². The lowest BCUT2D eigenvalue weighted by Crippen LogP contribution is -2.49. The second kappa shape index (κ2) is 4.98. The van der Waals surface area contributed by atoms with Gasteiger partial charge in [0.25, 0.3) is 0 Å². The molecule has 4 heteroatoms. The molecule has 1 unspecified atom stereocenters. The van der Waals surface area contributed by atoms with Crippen LogP contribution in [0.4, 0.5) is 5.69 Å². The molecule has 3 N–H and O–H groups in total. The van der Waals surface area contributed by atoms with Gasteiger partial charge in [0.2, 0.25) is 5.91 Å². The van der Waals surface area contributed by atoms with Crippen molar-refractivity contribution in [3.05, 3.63) is 29.8 Å². The van der Waals surface area contributed by atoms with Crippen LogP contribution in [0.5, 0.6) is 0 Å². The van der Waals surface area contributed by atoms with Crippen LogP contribution in [0.15, 0.2) is 24.3 Å². The summed E-state index contributed by atoms with van der Waals surface area (Å²) in [5.41, 5.74) is 6.53. The fourth-order valence-corrected chi connectivity index (χ4v) is 2.35. The van der Waals surface area contributed by atoms with E-state index in [1.165, 1.54) is 0 Å². The number of aliphatic hydroxyl groups is 1. The molecule has 0 radical (unpaired) electrons. The molecule has 1 aliphatic rings. The van der Waals surface area contributed by atoms with Gasteiger partial charge < -0.3 is 15.7 Å². The van der Waals surface area contributed by atoms with Gasteiger partial charge >= 0.3 is 0 Å². The Morgan fingerprint density at radius 2 is 2.11 bits per heavy atom. The Morgan fingerprint density at radius 3 is 2.72 bits per heavy atom. The van der Waals surface area contributed by atoms with Crippen molar-refractivity contribution in [1.29, 1.82) is 0 Å². The van der Waals surface area contributed by atoms with Crippen molar-refractivity contribution in [1.82, 2.24) is 4.90 Å². The van der Waals surface area contributed by atoms with E-state index in [4.69, 9.17) is 5.73 Å². The first-order valence-electron chi connectivity index (χ1n) is 6.31. The van der Waals surface area contributed by atoms with Crippen LogP contribution in [0.2, 0.25) is 0 Å². The van der Waals surface area contributed by atoms with Crippen molar-refractivity contribution in [2.45, 2.75) is 31.8 Å². The van der Waals surface area contributed by atoms with E-state index < -0.39 is 5.60 Å². The quantitative estimate of drug-likeness (QED) is 0.772. The van der Waals surface area contributed by atoms with Crippen LogP contribution in [0, 0.1) is 0 Å². The molecule has 1 aromatic carbocycles. The van der Waals surface area contributed by atoms with Crippen molar-refractivity contribution < 1.29 is 9.90 Å². The Labute approximate surface area is 107 Å². The Kier molecular flexibility index (Phi) is 3.57. The average Bonchev–Trinajstić information content (AvgIpc) is 2.31. The molecule has 2 rings (SSSR count). The first kappa shape index (κ1) is 12.9. The van der Waals surface area contributed by atoms with Gasteiger partial charge in [-0.15, -0.1) is 0 Å². The highest BCUT2D eigenvalue weighted by atomic mass is 16.3. The predicted octanol–water partition coefficient (Wildman–Crippen LogP) is 1.18. The van der Waals surface area contributed by atoms with Gasteiger partial charge in [-0.05, 0) is 37.5 Å². The number of rotatable bonds is 2. The van der Waals surface area contributed by atoms with E-state index in [-0.39, 0.29) is 5.91 Å². The number of carbonyl (C=O) groups excluding carboxylic acids is 1. The smallest absolute Gasteiger partial charge is 0.227 e. The Balaban J connectivity index is 1.97. The molecule has 0 spiro atoms. The molecule has 4 nitrogen and oxygen atoms in total. The van der Waals surface area contributed by atoms with Crippen LogP contribution >= 0.6 is 0 Å². The molecule has 1 aromatic rings. The van der Waals surface area contributed by atoms with Gasteiger partial charge in [-0.3, -0.25) is 4.79 Å². The van der Waals surface area contributed by atoms with Crippen molar-refractivity contribution >= 4 is 11.6 Å². The molecule has 0 aromatic heterocycles. The van der Waals surface area contributed by atoms with Crippen molar-refractivity contribution in [3.8, 4) is 0 Å². The number of piperidine rings is 1. The number of likely N-dealkylation sites (tertiary alicyclic amines) is 1. The zero-order valence-electron chi connectivity index (χ0n) is 10.7. The van der Waals surface area contributed by atoms with Crippen LogP contribution in [0.1, 0.15) is 25.3 Å². The van der Waals surface area contributed by atoms with Crippen LogP contribution in [0.25, 0.3) is 0 Å². The Morgan fingerprint density at radius 1 is 1.44 bits per heavy atom. The molecule has 0 aliphatic carbocycles. The van der Waals surface area contributed by atoms with Crippen LogP contribution in [-0.2, 0) is 11.2 Å². The summed E-state index contributed by atoms with van der Waals surface area (Å²) in [4.78, 5) is 13.9. The van der Waals surface area contributed by atoms with E-state index in [2.05, 4.69) is 0 Å². The number of nitrogens with two attached hydrogens (primary N) is 1. The third-order valence-electron chi connectivity index (χ3n) is 3.36. The first-order chi connectivity index (χ1) is 8.46. The third kappa shape index (κ3) is 3.23. The number of anilines is 1. The number of amides is 1. The maximum atomic E-state index is 12.1. The zero-order valence-corrected chi connectivity index (χ0v) is 10.7.